The molecular weight excluding hydrogens is 980 g/mol. The maximum Gasteiger partial charge on any atom is 0.311 e. The predicted octanol–water partition coefficient (Wildman–Crippen LogP) is 4.17. The molecule has 21 heteroatoms. The van der Waals surface area contributed by atoms with Crippen LogP contribution in [0.25, 0.3) is 21.8 Å². The number of aromatic nitrogens is 4. The molecule has 0 saturated carbocycles. The van der Waals surface area contributed by atoms with E-state index in [0.717, 1.165) is 67.1 Å². The number of anilines is 2. The van der Waals surface area contributed by atoms with Gasteiger partial charge in [0, 0.05) is 95.7 Å². The molecule has 0 spiro atoms. The minimum atomic E-state index is -1.10. The molecule has 1 unspecified atom stereocenters. The summed E-state index contributed by atoms with van der Waals surface area (Å²) in [5.41, 5.74) is 18.7. The van der Waals surface area contributed by atoms with Gasteiger partial charge in [-0.1, -0.05) is 60.7 Å². The molecule has 0 aliphatic carbocycles. The Hall–Kier alpha value is -7.81. The lowest BCUT2D eigenvalue weighted by Gasteiger charge is -2.33. The number of halogens is 1. The van der Waals surface area contributed by atoms with E-state index in [1.54, 1.807) is 58.0 Å². The van der Waals surface area contributed by atoms with Crippen LogP contribution in [0.2, 0.25) is 0 Å². The summed E-state index contributed by atoms with van der Waals surface area (Å²) in [5, 5.41) is 11.0. The smallest absolute Gasteiger partial charge is 0.311 e. The number of aliphatic carboxylic acids is 1. The molecule has 75 heavy (non-hydrogen) atoms. The third-order valence-corrected chi connectivity index (χ3v) is 14.0. The van der Waals surface area contributed by atoms with Crippen molar-refractivity contribution in [3.8, 4) is 0 Å². The molecule has 6 heterocycles. The summed E-state index contributed by atoms with van der Waals surface area (Å²) in [7, 11) is 4.05. The van der Waals surface area contributed by atoms with E-state index in [1.807, 2.05) is 60.5 Å². The van der Waals surface area contributed by atoms with Crippen LogP contribution in [-0.2, 0) is 56.5 Å². The number of carbonyl (C=O) groups excluding carboxylic acids is 5. The zero-order valence-corrected chi connectivity index (χ0v) is 43.0. The number of carbonyl (C=O) groups is 6. The fourth-order valence-corrected chi connectivity index (χ4v) is 9.66. The number of nitrogens with zero attached hydrogens (tertiary/aromatic N) is 10. The first-order valence-electron chi connectivity index (χ1n) is 24.8. The SMILES string of the molecule is CCOC(=O)Cc1ccc2nc(N)nc(C(=O)N3Cc4ccccc4C3)c2c1.CN1CCN(C(=O)CC(C(=O)O)c2ccc3nc(N)nc(C(=O)N4Cc5ccccc5C4)c3c2)CC1.CN1CCN(C(=O)CCl)CC1. The van der Waals surface area contributed by atoms with Crippen molar-refractivity contribution in [3.63, 3.8) is 0 Å². The Bertz CT molecular complexity index is 3080. The van der Waals surface area contributed by atoms with E-state index in [1.165, 1.54) is 0 Å². The number of alkyl halides is 1. The van der Waals surface area contributed by atoms with E-state index in [-0.39, 0.29) is 71.6 Å². The summed E-state index contributed by atoms with van der Waals surface area (Å²) in [6.07, 6.45) is -0.0396. The van der Waals surface area contributed by atoms with Crippen LogP contribution in [0.5, 0.6) is 0 Å². The number of amides is 4. The number of piperazine rings is 2. The number of hydrogen-bond donors (Lipinski definition) is 3. The third kappa shape index (κ3) is 12.9. The average molecular weight is 1040 g/mol. The zero-order valence-electron chi connectivity index (χ0n) is 42.3. The van der Waals surface area contributed by atoms with Gasteiger partial charge < -0.3 is 50.7 Å². The number of nitrogens with two attached hydrogens (primary N) is 2. The second-order valence-corrected chi connectivity index (χ2v) is 19.2. The van der Waals surface area contributed by atoms with Crippen LogP contribution < -0.4 is 11.5 Å². The molecule has 1 atom stereocenters. The molecule has 6 aromatic rings. The third-order valence-electron chi connectivity index (χ3n) is 13.7. The number of carboxylic acid groups (broad SMARTS) is 1. The molecule has 2 aromatic heterocycles. The minimum absolute atomic E-state index is 0.0321. The normalized spacial score (nSPS) is 15.8. The van der Waals surface area contributed by atoms with E-state index in [2.05, 4.69) is 36.8 Å². The van der Waals surface area contributed by atoms with Crippen molar-refractivity contribution in [2.45, 2.75) is 51.9 Å². The summed E-state index contributed by atoms with van der Waals surface area (Å²) < 4.78 is 5.01. The van der Waals surface area contributed by atoms with Crippen molar-refractivity contribution < 1.29 is 38.6 Å². The molecule has 5 N–H and O–H groups in total. The van der Waals surface area contributed by atoms with Crippen LogP contribution in [0.3, 0.4) is 0 Å². The molecule has 392 valence electrons. The van der Waals surface area contributed by atoms with E-state index in [0.29, 0.717) is 73.2 Å². The zero-order chi connectivity index (χ0) is 53.3. The van der Waals surface area contributed by atoms with Crippen LogP contribution >= 0.6 is 11.6 Å². The molecule has 10 rings (SSSR count). The molecule has 4 amide bonds. The van der Waals surface area contributed by atoms with Crippen molar-refractivity contribution in [1.82, 2.24) is 49.3 Å². The number of fused-ring (bicyclic) bond motifs is 4. The summed E-state index contributed by atoms with van der Waals surface area (Å²) in [4.78, 5) is 103. The largest absolute Gasteiger partial charge is 0.481 e. The number of benzene rings is 4. The molecule has 0 radical (unpaired) electrons. The van der Waals surface area contributed by atoms with Crippen molar-refractivity contribution in [2.24, 2.45) is 0 Å². The highest BCUT2D eigenvalue weighted by molar-refractivity contribution is 6.27. The van der Waals surface area contributed by atoms with E-state index in [9.17, 15) is 33.9 Å². The summed E-state index contributed by atoms with van der Waals surface area (Å²) in [6, 6.07) is 26.0. The second-order valence-electron chi connectivity index (χ2n) is 18.9. The Kier molecular flexibility index (Phi) is 17.1. The first-order valence-corrected chi connectivity index (χ1v) is 25.3. The first-order chi connectivity index (χ1) is 36.1. The van der Waals surface area contributed by atoms with Gasteiger partial charge in [0.15, 0.2) is 0 Å². The number of hydrogen-bond acceptors (Lipinski definition) is 15. The topological polar surface area (TPSA) is 255 Å². The van der Waals surface area contributed by atoms with Crippen LogP contribution in [-0.4, -0.2) is 169 Å². The van der Waals surface area contributed by atoms with Crippen LogP contribution in [0.4, 0.5) is 11.9 Å². The fraction of sp³-hybridized carbons (Fsp3) is 0.370. The van der Waals surface area contributed by atoms with Gasteiger partial charge in [-0.2, -0.15) is 0 Å². The van der Waals surface area contributed by atoms with Crippen molar-refractivity contribution in [3.05, 3.63) is 130 Å². The maximum absolute atomic E-state index is 13.5. The monoisotopic (exact) mass is 1040 g/mol. The number of rotatable bonds is 10. The highest BCUT2D eigenvalue weighted by Crippen LogP contribution is 2.31. The molecule has 4 aliphatic rings. The van der Waals surface area contributed by atoms with Gasteiger partial charge in [0.25, 0.3) is 11.8 Å². The quantitative estimate of drug-likeness (QED) is 0.129. The van der Waals surface area contributed by atoms with E-state index in [4.69, 9.17) is 27.8 Å². The Balaban J connectivity index is 0.000000169. The van der Waals surface area contributed by atoms with Crippen LogP contribution in [0.1, 0.15) is 73.6 Å². The van der Waals surface area contributed by atoms with Crippen molar-refractivity contribution in [2.75, 3.05) is 90.4 Å². The summed E-state index contributed by atoms with van der Waals surface area (Å²) >= 11 is 5.42. The maximum atomic E-state index is 13.5. The second kappa shape index (κ2) is 24.0. The van der Waals surface area contributed by atoms with Gasteiger partial charge in [-0.05, 0) is 78.7 Å². The number of likely N-dealkylation sites (N-methyl/N-ethyl adjacent to an activating group) is 2. The number of nitrogen functional groups attached to an aromatic ring is 2. The lowest BCUT2D eigenvalue weighted by atomic mass is 9.93. The molecule has 2 saturated heterocycles. The van der Waals surface area contributed by atoms with E-state index < -0.39 is 11.9 Å². The standard InChI is InChI=1S/C26H28N6O4.C21H20N4O3.C7H13ClN2O/c1-30-8-10-31(11-9-30)22(33)13-19(25(35)36)16-6-7-21-20(12-16)23(29-26(27)28-21)24(34)32-14-17-4-2-3-5-18(17)15-32;1-2-28-18(26)10-13-7-8-17-16(9-13)19(24-21(22)23-17)20(27)25-11-14-5-3-4-6-15(14)12-25;1-9-2-4-10(5-3-9)7(11)6-8/h2-7,12,19H,8-11,13-15H2,1H3,(H,35,36)(H2,27,28,29);3-9H,2,10-12H2,1H3,(H2,22,23,24);2-6H2,1H3. The Morgan fingerprint density at radius 3 is 1.48 bits per heavy atom. The summed E-state index contributed by atoms with van der Waals surface area (Å²) in [5.74, 6) is -3.00. The molecule has 4 aromatic carbocycles. The number of ether oxygens (including phenoxy) is 1. The Morgan fingerprint density at radius 2 is 1.04 bits per heavy atom. The highest BCUT2D eigenvalue weighted by Gasteiger charge is 2.31. The molecule has 0 bridgehead atoms. The van der Waals surface area contributed by atoms with Crippen LogP contribution in [0, 0.1) is 0 Å². The lowest BCUT2D eigenvalue weighted by Crippen LogP contribution is -2.47. The van der Waals surface area contributed by atoms with Gasteiger partial charge in [-0.3, -0.25) is 28.8 Å². The molecule has 20 nitrogen and oxygen atoms in total. The number of esters is 1. The van der Waals surface area contributed by atoms with Crippen LogP contribution in [0.15, 0.2) is 84.9 Å². The van der Waals surface area contributed by atoms with Gasteiger partial charge in [-0.25, -0.2) is 19.9 Å². The Morgan fingerprint density at radius 1 is 0.600 bits per heavy atom. The Labute approximate surface area is 439 Å². The molecular formula is C54H61ClN12O8. The average Bonchev–Trinajstić information content (AvgIpc) is 4.06. The minimum Gasteiger partial charge on any atom is -0.481 e. The van der Waals surface area contributed by atoms with Gasteiger partial charge in [0.2, 0.25) is 23.7 Å². The molecule has 4 aliphatic heterocycles. The highest BCUT2D eigenvalue weighted by atomic mass is 35.5. The molecule has 2 fully saturated rings. The lowest BCUT2D eigenvalue weighted by molar-refractivity contribution is -0.143. The van der Waals surface area contributed by atoms with Gasteiger partial charge in [-0.15, -0.1) is 11.6 Å². The number of carboxylic acids is 1. The first kappa shape index (κ1) is 53.5. The predicted molar refractivity (Wildman–Crippen MR) is 282 cm³/mol. The van der Waals surface area contributed by atoms with Gasteiger partial charge in [0.05, 0.1) is 30.0 Å². The summed E-state index contributed by atoms with van der Waals surface area (Å²) in [6.45, 7) is 10.3. The fourth-order valence-electron chi connectivity index (χ4n) is 9.49. The van der Waals surface area contributed by atoms with Gasteiger partial charge in [0.1, 0.15) is 17.3 Å². The van der Waals surface area contributed by atoms with Crippen molar-refractivity contribution in [1.29, 1.82) is 0 Å². The van der Waals surface area contributed by atoms with E-state index >= 15 is 0 Å². The van der Waals surface area contributed by atoms with Gasteiger partial charge >= 0.3 is 11.9 Å². The van der Waals surface area contributed by atoms with Crippen molar-refractivity contribution >= 4 is 80.9 Å².